The molecule has 4 rings (SSSR count). The minimum Gasteiger partial charge on any atom is -0.340 e. The van der Waals surface area contributed by atoms with Crippen molar-refractivity contribution in [3.05, 3.63) is 88.7 Å². The number of benzene rings is 1. The topological polar surface area (TPSA) is 68.5 Å². The predicted octanol–water partition coefficient (Wildman–Crippen LogP) is 4.29. The molecule has 152 valence electrons. The fourth-order valence-corrected chi connectivity index (χ4v) is 3.37. The van der Waals surface area contributed by atoms with Gasteiger partial charge in [-0.15, -0.1) is 0 Å². The van der Waals surface area contributed by atoms with Crippen molar-refractivity contribution in [2.75, 3.05) is 0 Å². The largest absolute Gasteiger partial charge is 0.340 e. The zero-order valence-electron chi connectivity index (χ0n) is 16.5. The van der Waals surface area contributed by atoms with Gasteiger partial charge in [-0.2, -0.15) is 10.2 Å². The summed E-state index contributed by atoms with van der Waals surface area (Å²) in [6.45, 7) is 8.02. The molecule has 0 atom stereocenters. The van der Waals surface area contributed by atoms with E-state index in [1.165, 1.54) is 10.8 Å². The van der Waals surface area contributed by atoms with Gasteiger partial charge in [-0.1, -0.05) is 18.7 Å². The van der Waals surface area contributed by atoms with E-state index >= 15 is 0 Å². The average molecular weight is 407 g/mol. The van der Waals surface area contributed by atoms with Gasteiger partial charge in [-0.25, -0.2) is 18.6 Å². The van der Waals surface area contributed by atoms with Gasteiger partial charge in [-0.3, -0.25) is 4.79 Å². The molecule has 0 saturated heterocycles. The second-order valence-corrected chi connectivity index (χ2v) is 6.99. The van der Waals surface area contributed by atoms with Crippen molar-refractivity contribution in [2.45, 2.75) is 20.4 Å². The molecular weight excluding hydrogens is 388 g/mol. The van der Waals surface area contributed by atoms with Crippen LogP contribution >= 0.6 is 0 Å². The predicted molar refractivity (Wildman–Crippen MR) is 112 cm³/mol. The number of nitrogens with one attached hydrogen (secondary N) is 1. The zero-order chi connectivity index (χ0) is 21.4. The summed E-state index contributed by atoms with van der Waals surface area (Å²) < 4.78 is 32.4. The molecule has 0 spiro atoms. The van der Waals surface area contributed by atoms with Crippen LogP contribution in [-0.2, 0) is 6.54 Å². The Bertz CT molecular complexity index is 1360. The van der Waals surface area contributed by atoms with E-state index in [1.54, 1.807) is 17.0 Å². The molecule has 0 fully saturated rings. The molecule has 0 saturated carbocycles. The van der Waals surface area contributed by atoms with Gasteiger partial charge in [0.05, 0.1) is 28.4 Å². The van der Waals surface area contributed by atoms with E-state index < -0.39 is 17.2 Å². The number of fused-ring (bicyclic) bond motifs is 3. The monoisotopic (exact) mass is 407 g/mol. The van der Waals surface area contributed by atoms with Crippen LogP contribution in [0.1, 0.15) is 12.5 Å². The summed E-state index contributed by atoms with van der Waals surface area (Å²) in [5.41, 5.74) is 2.35. The maximum atomic E-state index is 14.6. The second kappa shape index (κ2) is 7.55. The van der Waals surface area contributed by atoms with Crippen molar-refractivity contribution >= 4 is 16.6 Å². The number of halogens is 2. The molecule has 6 nitrogen and oxygen atoms in total. The number of hydrogen-bond acceptors (Lipinski definition) is 3. The molecule has 0 unspecified atom stereocenters. The standard InChI is InChI=1S/C22H19F2N5O/c1-4-15(29-11-14(3)9-25-29)6-5-13(2)10-28-12-16-20(26-27-22(16)30)19-17(23)7-8-18(24)21(19)28/h4-9,11-12H,2,10H2,1,3H3,(H,27,30)/b6-5-,15-4+. The molecule has 2 aliphatic rings. The zero-order valence-corrected chi connectivity index (χ0v) is 16.5. The lowest BCUT2D eigenvalue weighted by Gasteiger charge is -2.15. The van der Waals surface area contributed by atoms with Gasteiger partial charge in [0.2, 0.25) is 0 Å². The highest BCUT2D eigenvalue weighted by Crippen LogP contribution is 2.31. The highest BCUT2D eigenvalue weighted by atomic mass is 19.1. The van der Waals surface area contributed by atoms with Crippen LogP contribution in [0.15, 0.2) is 65.9 Å². The lowest BCUT2D eigenvalue weighted by Crippen LogP contribution is -2.09. The SMILES string of the molecule is C=C(/C=C\C(=C/C)n1cc(C)cn1)Cn1cc2c(=O)[nH]nc-2c2c(F)ccc(F)c21. The number of rotatable bonds is 5. The van der Waals surface area contributed by atoms with Gasteiger partial charge in [0.1, 0.15) is 17.3 Å². The number of nitrogens with zero attached hydrogens (tertiary/aromatic N) is 4. The first-order valence-corrected chi connectivity index (χ1v) is 9.28. The summed E-state index contributed by atoms with van der Waals surface area (Å²) in [5, 5.41) is 10.4. The Kier molecular flexibility index (Phi) is 4.91. The van der Waals surface area contributed by atoms with Crippen molar-refractivity contribution in [1.82, 2.24) is 24.5 Å². The van der Waals surface area contributed by atoms with E-state index in [-0.39, 0.29) is 28.7 Å². The first-order valence-electron chi connectivity index (χ1n) is 9.28. The maximum Gasteiger partial charge on any atom is 0.275 e. The Morgan fingerprint density at radius 2 is 2.00 bits per heavy atom. The molecule has 1 N–H and O–H groups in total. The highest BCUT2D eigenvalue weighted by Gasteiger charge is 2.22. The van der Waals surface area contributed by atoms with Crippen LogP contribution in [-0.4, -0.2) is 24.5 Å². The van der Waals surface area contributed by atoms with E-state index in [0.29, 0.717) is 5.57 Å². The van der Waals surface area contributed by atoms with Gasteiger partial charge in [-0.05, 0) is 43.2 Å². The van der Waals surface area contributed by atoms with E-state index in [0.717, 1.165) is 23.4 Å². The third kappa shape index (κ3) is 3.36. The highest BCUT2D eigenvalue weighted by molar-refractivity contribution is 5.94. The Balaban J connectivity index is 1.73. The molecule has 2 aliphatic heterocycles. The van der Waals surface area contributed by atoms with Gasteiger partial charge in [0.25, 0.3) is 5.56 Å². The number of aromatic nitrogens is 5. The lowest BCUT2D eigenvalue weighted by molar-refractivity contribution is 0.607. The van der Waals surface area contributed by atoms with Gasteiger partial charge < -0.3 is 4.57 Å². The maximum absolute atomic E-state index is 14.6. The van der Waals surface area contributed by atoms with Crippen LogP contribution in [0.4, 0.5) is 8.78 Å². The van der Waals surface area contributed by atoms with Crippen molar-refractivity contribution in [1.29, 1.82) is 0 Å². The van der Waals surface area contributed by atoms with Crippen LogP contribution in [0.3, 0.4) is 0 Å². The minimum atomic E-state index is -0.649. The number of hydrogen-bond donors (Lipinski definition) is 1. The van der Waals surface area contributed by atoms with Gasteiger partial charge >= 0.3 is 0 Å². The summed E-state index contributed by atoms with van der Waals surface area (Å²) in [5.74, 6) is -1.26. The fraction of sp³-hybridized carbons (Fsp3) is 0.136. The summed E-state index contributed by atoms with van der Waals surface area (Å²) in [6.07, 6.45) is 10.6. The van der Waals surface area contributed by atoms with Crippen molar-refractivity contribution in [3.8, 4) is 11.3 Å². The van der Waals surface area contributed by atoms with Gasteiger partial charge in [0.15, 0.2) is 0 Å². The third-order valence-corrected chi connectivity index (χ3v) is 4.79. The van der Waals surface area contributed by atoms with E-state index in [9.17, 15) is 13.6 Å². The molecular formula is C22H19F2N5O. The summed E-state index contributed by atoms with van der Waals surface area (Å²) >= 11 is 0. The number of allylic oxidation sites excluding steroid dienone is 5. The molecule has 30 heavy (non-hydrogen) atoms. The van der Waals surface area contributed by atoms with Crippen LogP contribution in [0.25, 0.3) is 27.9 Å². The molecule has 1 aromatic heterocycles. The quantitative estimate of drug-likeness (QED) is 0.502. The number of aromatic amines is 1. The van der Waals surface area contributed by atoms with E-state index in [4.69, 9.17) is 0 Å². The molecule has 2 aromatic rings. The Morgan fingerprint density at radius 3 is 2.70 bits per heavy atom. The molecule has 8 heteroatoms. The Hall–Kier alpha value is -3.81. The van der Waals surface area contributed by atoms with Crippen LogP contribution < -0.4 is 5.56 Å². The summed E-state index contributed by atoms with van der Waals surface area (Å²) in [7, 11) is 0. The molecule has 0 bridgehead atoms. The molecule has 3 heterocycles. The van der Waals surface area contributed by atoms with Crippen molar-refractivity contribution in [2.24, 2.45) is 0 Å². The van der Waals surface area contributed by atoms with E-state index in [2.05, 4.69) is 21.9 Å². The Morgan fingerprint density at radius 1 is 1.23 bits per heavy atom. The first kappa shape index (κ1) is 19.5. The number of H-pyrrole nitrogens is 1. The normalized spacial score (nSPS) is 12.5. The molecule has 0 radical (unpaired) electrons. The smallest absolute Gasteiger partial charge is 0.275 e. The van der Waals surface area contributed by atoms with E-state index in [1.807, 2.05) is 32.2 Å². The minimum absolute atomic E-state index is 0.0255. The number of pyridine rings is 1. The van der Waals surface area contributed by atoms with Crippen LogP contribution in [0.5, 0.6) is 0 Å². The molecule has 1 aromatic carbocycles. The summed E-state index contributed by atoms with van der Waals surface area (Å²) in [4.78, 5) is 12.1. The Labute approximate surface area is 170 Å². The average Bonchev–Trinajstić information content (AvgIpc) is 3.31. The molecule has 0 amide bonds. The van der Waals surface area contributed by atoms with Crippen molar-refractivity contribution < 1.29 is 8.78 Å². The van der Waals surface area contributed by atoms with Gasteiger partial charge in [0, 0.05) is 18.9 Å². The summed E-state index contributed by atoms with van der Waals surface area (Å²) in [6, 6.07) is 2.08. The first-order chi connectivity index (χ1) is 14.4. The van der Waals surface area contributed by atoms with Crippen molar-refractivity contribution in [3.63, 3.8) is 0 Å². The fourth-order valence-electron chi connectivity index (χ4n) is 3.37. The number of aryl methyl sites for hydroxylation is 1. The van der Waals surface area contributed by atoms with Crippen LogP contribution in [0, 0.1) is 18.6 Å². The second-order valence-electron chi connectivity index (χ2n) is 6.99. The molecule has 0 aliphatic carbocycles. The third-order valence-electron chi connectivity index (χ3n) is 4.79. The van der Waals surface area contributed by atoms with Crippen LogP contribution in [0.2, 0.25) is 0 Å². The lowest BCUT2D eigenvalue weighted by atomic mass is 10.1.